The Balaban J connectivity index is 1.72. The zero-order chi connectivity index (χ0) is 18.8. The molecule has 1 unspecified atom stereocenters. The zero-order valence-corrected chi connectivity index (χ0v) is 14.6. The first-order chi connectivity index (χ1) is 12.3. The number of amides is 1. The maximum absolute atomic E-state index is 12.4. The summed E-state index contributed by atoms with van der Waals surface area (Å²) in [6.07, 6.45) is 6.54. The van der Waals surface area contributed by atoms with E-state index in [9.17, 15) is 9.59 Å². The van der Waals surface area contributed by atoms with Gasteiger partial charge in [0, 0.05) is 31.2 Å². The van der Waals surface area contributed by atoms with Crippen LogP contribution in [0.25, 0.3) is 0 Å². The maximum Gasteiger partial charge on any atom is 0.328 e. The Hall–Kier alpha value is -3.43. The van der Waals surface area contributed by atoms with Crippen LogP contribution in [-0.4, -0.2) is 46.3 Å². The van der Waals surface area contributed by atoms with Gasteiger partial charge in [-0.2, -0.15) is 15.3 Å². The standard InChI is InChI=1S/C16H19N7O3/c1-10-12(7-21(3)20-10)8-22-9-13(6-18-22)19-15(24)14-4-5-17-23(14)11(2)16(25)26/h4-7,9,11H,8H2,1-3H3,(H,19,24)(H,25,26). The fourth-order valence-electron chi connectivity index (χ4n) is 2.60. The Morgan fingerprint density at radius 2 is 2.08 bits per heavy atom. The number of hydrogen-bond acceptors (Lipinski definition) is 5. The van der Waals surface area contributed by atoms with Crippen molar-refractivity contribution in [2.45, 2.75) is 26.4 Å². The molecule has 0 radical (unpaired) electrons. The molecule has 3 aromatic rings. The monoisotopic (exact) mass is 357 g/mol. The van der Waals surface area contributed by atoms with E-state index in [1.165, 1.54) is 30.1 Å². The number of rotatable bonds is 6. The lowest BCUT2D eigenvalue weighted by Crippen LogP contribution is -2.24. The molecule has 1 amide bonds. The van der Waals surface area contributed by atoms with Crippen LogP contribution in [0.1, 0.15) is 34.7 Å². The van der Waals surface area contributed by atoms with E-state index < -0.39 is 17.9 Å². The molecule has 0 aliphatic heterocycles. The summed E-state index contributed by atoms with van der Waals surface area (Å²) in [5.74, 6) is -1.52. The third-order valence-electron chi connectivity index (χ3n) is 3.97. The minimum absolute atomic E-state index is 0.163. The molecule has 136 valence electrons. The van der Waals surface area contributed by atoms with E-state index in [4.69, 9.17) is 5.11 Å². The molecule has 10 heteroatoms. The largest absolute Gasteiger partial charge is 0.480 e. The minimum atomic E-state index is -1.07. The number of carbonyl (C=O) groups excluding carboxylic acids is 1. The van der Waals surface area contributed by atoms with Crippen molar-refractivity contribution in [3.8, 4) is 0 Å². The Kier molecular flexibility index (Phi) is 4.57. The smallest absolute Gasteiger partial charge is 0.328 e. The van der Waals surface area contributed by atoms with Gasteiger partial charge >= 0.3 is 5.97 Å². The molecule has 0 spiro atoms. The van der Waals surface area contributed by atoms with Crippen LogP contribution < -0.4 is 5.32 Å². The molecule has 0 saturated carbocycles. The molecule has 3 aromatic heterocycles. The summed E-state index contributed by atoms with van der Waals surface area (Å²) in [4.78, 5) is 23.6. The number of hydrogen-bond donors (Lipinski definition) is 2. The zero-order valence-electron chi connectivity index (χ0n) is 14.6. The van der Waals surface area contributed by atoms with Gasteiger partial charge in [-0.1, -0.05) is 0 Å². The minimum Gasteiger partial charge on any atom is -0.480 e. The van der Waals surface area contributed by atoms with Crippen molar-refractivity contribution in [2.75, 3.05) is 5.32 Å². The lowest BCUT2D eigenvalue weighted by atomic mass is 10.3. The van der Waals surface area contributed by atoms with E-state index in [1.54, 1.807) is 15.6 Å². The number of aromatic nitrogens is 6. The van der Waals surface area contributed by atoms with Crippen molar-refractivity contribution in [3.05, 3.63) is 47.8 Å². The number of aliphatic carboxylic acids is 1. The van der Waals surface area contributed by atoms with Gasteiger partial charge in [-0.3, -0.25) is 14.2 Å². The number of nitrogens with one attached hydrogen (secondary N) is 1. The van der Waals surface area contributed by atoms with Gasteiger partial charge < -0.3 is 10.4 Å². The van der Waals surface area contributed by atoms with Gasteiger partial charge in [-0.05, 0) is 19.9 Å². The highest BCUT2D eigenvalue weighted by atomic mass is 16.4. The first-order valence-corrected chi connectivity index (χ1v) is 7.94. The van der Waals surface area contributed by atoms with Crippen molar-refractivity contribution in [1.82, 2.24) is 29.3 Å². The van der Waals surface area contributed by atoms with E-state index in [2.05, 4.69) is 20.6 Å². The second-order valence-corrected chi connectivity index (χ2v) is 5.97. The van der Waals surface area contributed by atoms with Gasteiger partial charge in [0.05, 0.1) is 24.1 Å². The molecule has 3 rings (SSSR count). The predicted molar refractivity (Wildman–Crippen MR) is 91.8 cm³/mol. The average Bonchev–Trinajstić information content (AvgIpc) is 3.28. The quantitative estimate of drug-likeness (QED) is 0.681. The van der Waals surface area contributed by atoms with E-state index in [1.807, 2.05) is 20.2 Å². The third kappa shape index (κ3) is 3.48. The highest BCUT2D eigenvalue weighted by Crippen LogP contribution is 2.14. The summed E-state index contributed by atoms with van der Waals surface area (Å²) in [6, 6.07) is 0.528. The van der Waals surface area contributed by atoms with Crippen LogP contribution in [0.5, 0.6) is 0 Å². The van der Waals surface area contributed by atoms with Crippen LogP contribution in [0, 0.1) is 6.92 Å². The van der Waals surface area contributed by atoms with E-state index >= 15 is 0 Å². The Labute approximate surface area is 149 Å². The average molecular weight is 357 g/mol. The number of anilines is 1. The maximum atomic E-state index is 12.4. The third-order valence-corrected chi connectivity index (χ3v) is 3.97. The second kappa shape index (κ2) is 6.82. The number of nitrogens with zero attached hydrogens (tertiary/aromatic N) is 6. The van der Waals surface area contributed by atoms with Gasteiger partial charge in [0.2, 0.25) is 0 Å². The predicted octanol–water partition coefficient (Wildman–Crippen LogP) is 1.07. The Bertz CT molecular complexity index is 953. The first-order valence-electron chi connectivity index (χ1n) is 7.94. The Morgan fingerprint density at radius 1 is 1.31 bits per heavy atom. The van der Waals surface area contributed by atoms with E-state index in [0.29, 0.717) is 12.2 Å². The fourth-order valence-corrected chi connectivity index (χ4v) is 2.60. The molecule has 10 nitrogen and oxygen atoms in total. The van der Waals surface area contributed by atoms with Crippen LogP contribution in [0.2, 0.25) is 0 Å². The number of carboxylic acid groups (broad SMARTS) is 1. The van der Waals surface area contributed by atoms with Crippen LogP contribution in [0.3, 0.4) is 0 Å². The first kappa shape index (κ1) is 17.4. The second-order valence-electron chi connectivity index (χ2n) is 5.97. The lowest BCUT2D eigenvalue weighted by molar-refractivity contribution is -0.140. The van der Waals surface area contributed by atoms with Crippen molar-refractivity contribution < 1.29 is 14.7 Å². The summed E-state index contributed by atoms with van der Waals surface area (Å²) >= 11 is 0. The van der Waals surface area contributed by atoms with Crippen LogP contribution in [-0.2, 0) is 18.4 Å². The van der Waals surface area contributed by atoms with Crippen LogP contribution in [0.4, 0.5) is 5.69 Å². The summed E-state index contributed by atoms with van der Waals surface area (Å²) in [5.41, 5.74) is 2.62. The van der Waals surface area contributed by atoms with Gasteiger partial charge in [0.1, 0.15) is 11.7 Å². The molecule has 0 aromatic carbocycles. The molecule has 2 N–H and O–H groups in total. The summed E-state index contributed by atoms with van der Waals surface area (Å²) < 4.78 is 4.60. The molecule has 0 bridgehead atoms. The summed E-state index contributed by atoms with van der Waals surface area (Å²) in [7, 11) is 1.85. The topological polar surface area (TPSA) is 120 Å². The molecular weight excluding hydrogens is 338 g/mol. The molecule has 0 fully saturated rings. The van der Waals surface area contributed by atoms with E-state index in [0.717, 1.165) is 11.3 Å². The molecule has 1 atom stereocenters. The van der Waals surface area contributed by atoms with Crippen LogP contribution in [0.15, 0.2) is 30.9 Å². The fraction of sp³-hybridized carbons (Fsp3) is 0.312. The van der Waals surface area contributed by atoms with Gasteiger partial charge in [0.25, 0.3) is 5.91 Å². The summed E-state index contributed by atoms with van der Waals surface area (Å²) in [6.45, 7) is 3.91. The Morgan fingerprint density at radius 3 is 2.73 bits per heavy atom. The summed E-state index contributed by atoms with van der Waals surface area (Å²) in [5, 5.41) is 24.2. The number of aryl methyl sites for hydroxylation is 2. The molecule has 0 aliphatic carbocycles. The van der Waals surface area contributed by atoms with Crippen molar-refractivity contribution in [2.24, 2.45) is 7.05 Å². The highest BCUT2D eigenvalue weighted by molar-refractivity contribution is 6.03. The number of carboxylic acids is 1. The van der Waals surface area contributed by atoms with Gasteiger partial charge in [0.15, 0.2) is 0 Å². The normalized spacial score (nSPS) is 12.1. The molecule has 26 heavy (non-hydrogen) atoms. The van der Waals surface area contributed by atoms with Crippen molar-refractivity contribution >= 4 is 17.6 Å². The van der Waals surface area contributed by atoms with Crippen molar-refractivity contribution in [3.63, 3.8) is 0 Å². The van der Waals surface area contributed by atoms with Gasteiger partial charge in [-0.25, -0.2) is 9.48 Å². The highest BCUT2D eigenvalue weighted by Gasteiger charge is 2.21. The SMILES string of the molecule is Cc1nn(C)cc1Cn1cc(NC(=O)c2ccnn2C(C)C(=O)O)cn1. The molecule has 0 saturated heterocycles. The molecule has 3 heterocycles. The lowest BCUT2D eigenvalue weighted by Gasteiger charge is -2.10. The molecular formula is C16H19N7O3. The van der Waals surface area contributed by atoms with Gasteiger partial charge in [-0.15, -0.1) is 0 Å². The van der Waals surface area contributed by atoms with E-state index in [-0.39, 0.29) is 5.69 Å². The number of carbonyl (C=O) groups is 2. The van der Waals surface area contributed by atoms with Crippen molar-refractivity contribution in [1.29, 1.82) is 0 Å². The molecule has 0 aliphatic rings. The van der Waals surface area contributed by atoms with Crippen LogP contribution >= 0.6 is 0 Å².